The molecule has 0 aromatic heterocycles. The zero-order chi connectivity index (χ0) is 11.4. The molecule has 0 unspecified atom stereocenters. The van der Waals surface area contributed by atoms with E-state index in [1.54, 1.807) is 5.57 Å². The van der Waals surface area contributed by atoms with Crippen LogP contribution in [0.25, 0.3) is 0 Å². The number of hydrogen-bond acceptors (Lipinski definition) is 0. The van der Waals surface area contributed by atoms with Gasteiger partial charge >= 0.3 is 0 Å². The molecule has 2 radical (unpaired) electrons. The third kappa shape index (κ3) is 5.55. The summed E-state index contributed by atoms with van der Waals surface area (Å²) in [5.41, 5.74) is 1.87. The fourth-order valence-electron chi connectivity index (χ4n) is 2.61. The summed E-state index contributed by atoms with van der Waals surface area (Å²) >= 11 is 0. The van der Waals surface area contributed by atoms with Crippen LogP contribution >= 0.6 is 0 Å². The molecule has 0 aromatic carbocycles. The Balaban J connectivity index is 0.00000144. The zero-order valence-corrected chi connectivity index (χ0v) is 18.7. The van der Waals surface area contributed by atoms with Gasteiger partial charge in [0.05, 0.1) is 0 Å². The van der Waals surface area contributed by atoms with Gasteiger partial charge in [0.25, 0.3) is 0 Å². The van der Waals surface area contributed by atoms with Crippen molar-refractivity contribution >= 4 is 103 Å². The average Bonchev–Trinajstić information content (AvgIpc) is 2.68. The van der Waals surface area contributed by atoms with Crippen molar-refractivity contribution in [3.63, 3.8) is 0 Å². The summed E-state index contributed by atoms with van der Waals surface area (Å²) in [6, 6.07) is 0. The second kappa shape index (κ2) is 10.0. The molecule has 0 nitrogen and oxygen atoms in total. The summed E-state index contributed by atoms with van der Waals surface area (Å²) in [7, 11) is 0. The zero-order valence-electron chi connectivity index (χ0n) is 12.4. The molecular weight excluding hydrogens is 270 g/mol. The Hall–Kier alpha value is 2.23. The Bertz CT molecular complexity index is 347. The topological polar surface area (TPSA) is 0 Å². The van der Waals surface area contributed by atoms with Crippen LogP contribution in [0.1, 0.15) is 39.5 Å². The third-order valence-electron chi connectivity index (χ3n) is 3.91. The van der Waals surface area contributed by atoms with Crippen molar-refractivity contribution < 1.29 is 0 Å². The monoisotopic (exact) mass is 292 g/mol. The van der Waals surface area contributed by atoms with E-state index >= 15 is 0 Å². The van der Waals surface area contributed by atoms with Gasteiger partial charge in [-0.3, -0.25) is 0 Å². The van der Waals surface area contributed by atoms with Crippen molar-refractivity contribution in [1.29, 1.82) is 0 Å². The smallest absolute Gasteiger partial charge is 0.00413 e. The predicted octanol–water partition coefficient (Wildman–Crippen LogP) is 4.05. The van der Waals surface area contributed by atoms with Gasteiger partial charge in [-0.25, -0.2) is 0 Å². The molecule has 0 N–H and O–H groups in total. The van der Waals surface area contributed by atoms with Crippen LogP contribution in [-0.2, 0) is 0 Å². The molecule has 88 valence electrons. The van der Waals surface area contributed by atoms with Gasteiger partial charge in [0.1, 0.15) is 0 Å². The van der Waals surface area contributed by atoms with Crippen molar-refractivity contribution in [1.82, 2.24) is 0 Å². The van der Waals surface area contributed by atoms with Crippen LogP contribution < -0.4 is 0 Å². The molecule has 0 amide bonds. The second-order valence-electron chi connectivity index (χ2n) is 5.38. The summed E-state index contributed by atoms with van der Waals surface area (Å²) < 4.78 is 0. The quantitative estimate of drug-likeness (QED) is 0.674. The van der Waals surface area contributed by atoms with Gasteiger partial charge < -0.3 is 0 Å². The van der Waals surface area contributed by atoms with Crippen molar-refractivity contribution in [2.45, 2.75) is 39.5 Å². The SMILES string of the molecule is CC(C)(C1=CC=CCCCC1)C1C=CC=C1.[K].[K]. The molecule has 2 heteroatoms. The summed E-state index contributed by atoms with van der Waals surface area (Å²) in [6.07, 6.45) is 21.1. The summed E-state index contributed by atoms with van der Waals surface area (Å²) in [4.78, 5) is 0. The Morgan fingerprint density at radius 1 is 1.00 bits per heavy atom. The Morgan fingerprint density at radius 3 is 2.33 bits per heavy atom. The van der Waals surface area contributed by atoms with Crippen molar-refractivity contribution in [2.24, 2.45) is 11.3 Å². The largest absolute Gasteiger partial charge is 0.0845 e. The van der Waals surface area contributed by atoms with Gasteiger partial charge in [0, 0.05) is 109 Å². The van der Waals surface area contributed by atoms with Crippen molar-refractivity contribution in [2.75, 3.05) is 0 Å². The van der Waals surface area contributed by atoms with Gasteiger partial charge in [0.2, 0.25) is 0 Å². The van der Waals surface area contributed by atoms with Gasteiger partial charge in [0.15, 0.2) is 0 Å². The van der Waals surface area contributed by atoms with Gasteiger partial charge in [-0.15, -0.1) is 0 Å². The molecule has 0 heterocycles. The maximum absolute atomic E-state index is 2.37. The normalized spacial score (nSPS) is 19.6. The molecule has 0 fully saturated rings. The molecule has 2 rings (SSSR count). The third-order valence-corrected chi connectivity index (χ3v) is 3.91. The Labute approximate surface area is 197 Å². The van der Waals surface area contributed by atoms with Crippen molar-refractivity contribution in [3.05, 3.63) is 48.1 Å². The molecule has 18 heavy (non-hydrogen) atoms. The molecule has 2 aliphatic rings. The first-order chi connectivity index (χ1) is 7.71. The van der Waals surface area contributed by atoms with E-state index in [1.165, 1.54) is 25.7 Å². The summed E-state index contributed by atoms with van der Waals surface area (Å²) in [5.74, 6) is 0.576. The van der Waals surface area contributed by atoms with Crippen LogP contribution in [0.3, 0.4) is 0 Å². The molecule has 0 saturated carbocycles. The number of rotatable bonds is 2. The van der Waals surface area contributed by atoms with Crippen LogP contribution in [0, 0.1) is 11.3 Å². The summed E-state index contributed by atoms with van der Waals surface area (Å²) in [6.45, 7) is 4.75. The molecule has 0 spiro atoms. The Kier molecular flexibility index (Phi) is 11.3. The van der Waals surface area contributed by atoms with Gasteiger partial charge in [-0.05, 0) is 31.1 Å². The minimum Gasteiger partial charge on any atom is -0.0845 e. The standard InChI is InChI=1S/C16H22.2K/c1-16(2,15-12-8-9-13-15)14-10-6-4-3-5-7-11-14;;/h4,6,8-10,12-13,15H,3,5,7,11H2,1-2H3;;. The second-order valence-corrected chi connectivity index (χ2v) is 5.38. The van der Waals surface area contributed by atoms with Crippen molar-refractivity contribution in [3.8, 4) is 0 Å². The van der Waals surface area contributed by atoms with Gasteiger partial charge in [-0.2, -0.15) is 0 Å². The van der Waals surface area contributed by atoms with Crippen LogP contribution in [0.5, 0.6) is 0 Å². The molecule has 0 bridgehead atoms. The van der Waals surface area contributed by atoms with E-state index in [0.29, 0.717) is 5.92 Å². The fourth-order valence-corrected chi connectivity index (χ4v) is 2.61. The molecule has 0 aromatic rings. The minimum atomic E-state index is 0. The van der Waals surface area contributed by atoms with E-state index in [-0.39, 0.29) is 108 Å². The number of hydrogen-bond donors (Lipinski definition) is 0. The molecule has 0 atom stereocenters. The van der Waals surface area contributed by atoms with Crippen LogP contribution in [0.2, 0.25) is 0 Å². The first-order valence-electron chi connectivity index (χ1n) is 6.42. The first-order valence-corrected chi connectivity index (χ1v) is 6.42. The average molecular weight is 293 g/mol. The molecule has 0 saturated heterocycles. The van der Waals surface area contributed by atoms with E-state index in [1.807, 2.05) is 0 Å². The molecule has 0 aliphatic heterocycles. The van der Waals surface area contributed by atoms with Crippen LogP contribution in [0.15, 0.2) is 48.1 Å². The van der Waals surface area contributed by atoms with E-state index in [9.17, 15) is 0 Å². The molecule has 2 aliphatic carbocycles. The maximum atomic E-state index is 2.37. The van der Waals surface area contributed by atoms with E-state index in [2.05, 4.69) is 56.4 Å². The van der Waals surface area contributed by atoms with E-state index < -0.39 is 0 Å². The summed E-state index contributed by atoms with van der Waals surface area (Å²) in [5, 5.41) is 0. The van der Waals surface area contributed by atoms with E-state index in [0.717, 1.165) is 0 Å². The fraction of sp³-hybridized carbons (Fsp3) is 0.500. The van der Waals surface area contributed by atoms with Crippen LogP contribution in [0.4, 0.5) is 0 Å². The van der Waals surface area contributed by atoms with Crippen LogP contribution in [-0.4, -0.2) is 103 Å². The predicted molar refractivity (Wildman–Crippen MR) is 82.8 cm³/mol. The number of allylic oxidation sites excluding steroid dienone is 8. The van der Waals surface area contributed by atoms with Gasteiger partial charge in [-0.1, -0.05) is 62.0 Å². The maximum Gasteiger partial charge on any atom is 0.00413 e. The first kappa shape index (κ1) is 20.2. The Morgan fingerprint density at radius 2 is 1.67 bits per heavy atom. The minimum absolute atomic E-state index is 0. The molecular formula is C16H22K2. The van der Waals surface area contributed by atoms with E-state index in [4.69, 9.17) is 0 Å².